The molecule has 1 aromatic carbocycles. The molecule has 2 aromatic rings. The van der Waals surface area contributed by atoms with Crippen LogP contribution in [-0.2, 0) is 13.0 Å². The highest BCUT2D eigenvalue weighted by molar-refractivity contribution is 9.10. The molecule has 0 aliphatic carbocycles. The van der Waals surface area contributed by atoms with Gasteiger partial charge in [-0.2, -0.15) is 5.10 Å². The van der Waals surface area contributed by atoms with Crippen LogP contribution in [0, 0.1) is 0 Å². The van der Waals surface area contributed by atoms with Crippen molar-refractivity contribution < 1.29 is 0 Å². The lowest BCUT2D eigenvalue weighted by molar-refractivity contribution is 0.658. The average molecular weight is 372 g/mol. The first-order valence-electron chi connectivity index (χ1n) is 6.05. The maximum atomic E-state index is 4.32. The van der Waals surface area contributed by atoms with Crippen LogP contribution in [0.4, 0.5) is 0 Å². The number of rotatable bonds is 5. The fourth-order valence-corrected chi connectivity index (χ4v) is 2.83. The molecule has 0 saturated heterocycles. The minimum absolute atomic E-state index is 0.493. The van der Waals surface area contributed by atoms with E-state index in [1.807, 2.05) is 10.9 Å². The van der Waals surface area contributed by atoms with Gasteiger partial charge in [-0.05, 0) is 42.5 Å². The normalized spacial score (nSPS) is 12.6. The molecule has 0 aliphatic heterocycles. The monoisotopic (exact) mass is 370 g/mol. The highest BCUT2D eigenvalue weighted by atomic mass is 79.9. The number of benzene rings is 1. The van der Waals surface area contributed by atoms with Crippen LogP contribution in [0.2, 0.25) is 0 Å². The summed E-state index contributed by atoms with van der Waals surface area (Å²) in [4.78, 5) is 0. The van der Waals surface area contributed by atoms with Gasteiger partial charge in [0.05, 0.1) is 6.20 Å². The summed E-state index contributed by atoms with van der Waals surface area (Å²) in [6.45, 7) is 3.03. The number of nitrogens with zero attached hydrogens (tertiary/aromatic N) is 2. The fourth-order valence-electron chi connectivity index (χ4n) is 1.97. The lowest BCUT2D eigenvalue weighted by Crippen LogP contribution is -2.04. The summed E-state index contributed by atoms with van der Waals surface area (Å²) in [7, 11) is 0. The van der Waals surface area contributed by atoms with Crippen LogP contribution < -0.4 is 0 Å². The standard InChI is InChI=1S/C14H16Br2N2/c1-2-18-10-11(9-17-18)7-13(8-15)12-3-5-14(16)6-4-12/h3-6,9-10,13H,2,7-8H2,1H3. The summed E-state index contributed by atoms with van der Waals surface area (Å²) in [5.41, 5.74) is 2.66. The van der Waals surface area contributed by atoms with E-state index < -0.39 is 0 Å². The van der Waals surface area contributed by atoms with Gasteiger partial charge in [-0.1, -0.05) is 44.0 Å². The van der Waals surface area contributed by atoms with Crippen molar-refractivity contribution in [1.29, 1.82) is 0 Å². The predicted octanol–water partition coefficient (Wildman–Crippen LogP) is 4.39. The molecule has 1 unspecified atom stereocenters. The summed E-state index contributed by atoms with van der Waals surface area (Å²) in [6, 6.07) is 8.56. The Morgan fingerprint density at radius 3 is 2.56 bits per heavy atom. The molecule has 0 N–H and O–H groups in total. The van der Waals surface area contributed by atoms with E-state index in [1.165, 1.54) is 11.1 Å². The van der Waals surface area contributed by atoms with E-state index in [9.17, 15) is 0 Å². The zero-order valence-electron chi connectivity index (χ0n) is 10.3. The maximum absolute atomic E-state index is 4.32. The Morgan fingerprint density at radius 1 is 1.28 bits per heavy atom. The molecule has 0 fully saturated rings. The topological polar surface area (TPSA) is 17.8 Å². The molecule has 18 heavy (non-hydrogen) atoms. The summed E-state index contributed by atoms with van der Waals surface area (Å²) < 4.78 is 3.10. The number of hydrogen-bond acceptors (Lipinski definition) is 1. The van der Waals surface area contributed by atoms with E-state index in [0.29, 0.717) is 5.92 Å². The zero-order chi connectivity index (χ0) is 13.0. The van der Waals surface area contributed by atoms with Crippen LogP contribution in [0.15, 0.2) is 41.1 Å². The van der Waals surface area contributed by atoms with Gasteiger partial charge in [-0.3, -0.25) is 4.68 Å². The molecule has 4 heteroatoms. The lowest BCUT2D eigenvalue weighted by Gasteiger charge is -2.13. The molecule has 2 nitrogen and oxygen atoms in total. The minimum atomic E-state index is 0.493. The molecule has 0 spiro atoms. The first-order chi connectivity index (χ1) is 8.72. The van der Waals surface area contributed by atoms with Gasteiger partial charge >= 0.3 is 0 Å². The van der Waals surface area contributed by atoms with E-state index in [2.05, 4.69) is 74.3 Å². The van der Waals surface area contributed by atoms with E-state index in [-0.39, 0.29) is 0 Å². The van der Waals surface area contributed by atoms with Crippen LogP contribution in [0.3, 0.4) is 0 Å². The Kier molecular flexibility index (Phi) is 5.01. The third-order valence-electron chi connectivity index (χ3n) is 3.02. The number of aryl methyl sites for hydroxylation is 1. The van der Waals surface area contributed by atoms with Crippen molar-refractivity contribution >= 4 is 31.9 Å². The van der Waals surface area contributed by atoms with Gasteiger partial charge in [0.15, 0.2) is 0 Å². The molecule has 1 aromatic heterocycles. The Bertz CT molecular complexity index is 491. The second-order valence-corrected chi connectivity index (χ2v) is 5.87. The average Bonchev–Trinajstić information content (AvgIpc) is 2.85. The SMILES string of the molecule is CCn1cc(CC(CBr)c2ccc(Br)cc2)cn1. The third-order valence-corrected chi connectivity index (χ3v) is 4.33. The molecule has 0 saturated carbocycles. The smallest absolute Gasteiger partial charge is 0.0521 e. The molecule has 0 radical (unpaired) electrons. The van der Waals surface area contributed by atoms with E-state index >= 15 is 0 Å². The molecule has 2 rings (SSSR count). The van der Waals surface area contributed by atoms with Gasteiger partial charge in [0, 0.05) is 22.5 Å². The lowest BCUT2D eigenvalue weighted by atomic mass is 9.95. The molecule has 96 valence electrons. The van der Waals surface area contributed by atoms with Crippen LogP contribution in [0.5, 0.6) is 0 Å². The number of halogens is 2. The molecule has 1 heterocycles. The van der Waals surface area contributed by atoms with Crippen molar-refractivity contribution in [3.8, 4) is 0 Å². The van der Waals surface area contributed by atoms with Crippen molar-refractivity contribution in [1.82, 2.24) is 9.78 Å². The third kappa shape index (κ3) is 3.45. The quantitative estimate of drug-likeness (QED) is 0.713. The molecular formula is C14H16Br2N2. The molecule has 0 bridgehead atoms. The number of alkyl halides is 1. The van der Waals surface area contributed by atoms with Crippen molar-refractivity contribution in [2.75, 3.05) is 5.33 Å². The Balaban J connectivity index is 2.11. The van der Waals surface area contributed by atoms with E-state index in [4.69, 9.17) is 0 Å². The Hall–Kier alpha value is -0.610. The van der Waals surface area contributed by atoms with Crippen molar-refractivity contribution in [2.24, 2.45) is 0 Å². The molecule has 0 amide bonds. The molecule has 0 aliphatic rings. The molecular weight excluding hydrogens is 356 g/mol. The second kappa shape index (κ2) is 6.53. The van der Waals surface area contributed by atoms with Crippen LogP contribution in [0.1, 0.15) is 24.0 Å². The van der Waals surface area contributed by atoms with E-state index in [1.54, 1.807) is 0 Å². The summed E-state index contributed by atoms with van der Waals surface area (Å²) >= 11 is 7.08. The maximum Gasteiger partial charge on any atom is 0.0521 e. The van der Waals surface area contributed by atoms with Crippen LogP contribution in [0.25, 0.3) is 0 Å². The highest BCUT2D eigenvalue weighted by Gasteiger charge is 2.12. The van der Waals surface area contributed by atoms with Crippen LogP contribution >= 0.6 is 31.9 Å². The van der Waals surface area contributed by atoms with E-state index in [0.717, 1.165) is 22.8 Å². The zero-order valence-corrected chi connectivity index (χ0v) is 13.5. The summed E-state index contributed by atoms with van der Waals surface area (Å²) in [5.74, 6) is 0.493. The Labute approximate surface area is 125 Å². The summed E-state index contributed by atoms with van der Waals surface area (Å²) in [6.07, 6.45) is 5.12. The summed E-state index contributed by atoms with van der Waals surface area (Å²) in [5, 5.41) is 5.29. The second-order valence-electron chi connectivity index (χ2n) is 4.31. The van der Waals surface area contributed by atoms with Gasteiger partial charge in [-0.15, -0.1) is 0 Å². The van der Waals surface area contributed by atoms with Gasteiger partial charge in [0.2, 0.25) is 0 Å². The Morgan fingerprint density at radius 2 is 2.00 bits per heavy atom. The first kappa shape index (κ1) is 13.8. The van der Waals surface area contributed by atoms with Crippen LogP contribution in [-0.4, -0.2) is 15.1 Å². The largest absolute Gasteiger partial charge is 0.273 e. The molecule has 1 atom stereocenters. The first-order valence-corrected chi connectivity index (χ1v) is 7.97. The van der Waals surface area contributed by atoms with Gasteiger partial charge in [0.25, 0.3) is 0 Å². The van der Waals surface area contributed by atoms with Crippen molar-refractivity contribution in [2.45, 2.75) is 25.8 Å². The fraction of sp³-hybridized carbons (Fsp3) is 0.357. The number of aromatic nitrogens is 2. The van der Waals surface area contributed by atoms with Crippen molar-refractivity contribution in [3.63, 3.8) is 0 Å². The highest BCUT2D eigenvalue weighted by Crippen LogP contribution is 2.24. The van der Waals surface area contributed by atoms with Crippen molar-refractivity contribution in [3.05, 3.63) is 52.3 Å². The minimum Gasteiger partial charge on any atom is -0.273 e. The van der Waals surface area contributed by atoms with Gasteiger partial charge in [-0.25, -0.2) is 0 Å². The van der Waals surface area contributed by atoms with Gasteiger partial charge in [0.1, 0.15) is 0 Å². The van der Waals surface area contributed by atoms with Gasteiger partial charge < -0.3 is 0 Å². The predicted molar refractivity (Wildman–Crippen MR) is 82.3 cm³/mol. The number of hydrogen-bond donors (Lipinski definition) is 0.